The molecule has 0 saturated heterocycles. The Morgan fingerprint density at radius 1 is 1.27 bits per heavy atom. The first-order valence-corrected chi connectivity index (χ1v) is 8.98. The van der Waals surface area contributed by atoms with Crippen LogP contribution in [-0.4, -0.2) is 42.6 Å². The fourth-order valence-corrected chi connectivity index (χ4v) is 3.32. The third kappa shape index (κ3) is 4.89. The van der Waals surface area contributed by atoms with E-state index >= 15 is 0 Å². The molecule has 0 N–H and O–H groups in total. The van der Waals surface area contributed by atoms with Gasteiger partial charge in [-0.05, 0) is 43.5 Å². The molecule has 1 aromatic rings. The maximum Gasteiger partial charge on any atom is 0.344 e. The Morgan fingerprint density at radius 2 is 1.96 bits per heavy atom. The topological polar surface area (TPSA) is 79.6 Å². The zero-order chi connectivity index (χ0) is 19.2. The smallest absolute Gasteiger partial charge is 0.344 e. The summed E-state index contributed by atoms with van der Waals surface area (Å²) in [4.78, 5) is 25.6. The van der Waals surface area contributed by atoms with Crippen molar-refractivity contribution in [3.63, 3.8) is 0 Å². The Hall–Kier alpha value is -2.26. The van der Waals surface area contributed by atoms with E-state index in [1.807, 2.05) is 6.92 Å². The summed E-state index contributed by atoms with van der Waals surface area (Å²) < 4.78 is 10.4. The Morgan fingerprint density at radius 3 is 2.58 bits per heavy atom. The van der Waals surface area contributed by atoms with Crippen molar-refractivity contribution in [3.8, 4) is 11.8 Å². The number of nitrogens with zero attached hydrogens (tertiary/aromatic N) is 2. The van der Waals surface area contributed by atoms with Crippen LogP contribution < -0.4 is 4.74 Å². The molecule has 0 atom stereocenters. The number of hydrogen-bond acceptors (Lipinski definition) is 5. The average molecular weight is 379 g/mol. The van der Waals surface area contributed by atoms with E-state index in [9.17, 15) is 14.9 Å². The molecule has 1 saturated carbocycles. The van der Waals surface area contributed by atoms with Crippen molar-refractivity contribution >= 4 is 23.5 Å². The van der Waals surface area contributed by atoms with Gasteiger partial charge in [0, 0.05) is 12.1 Å². The molecule has 1 aliphatic rings. The van der Waals surface area contributed by atoms with E-state index in [1.54, 1.807) is 25.2 Å². The average Bonchev–Trinajstić information content (AvgIpc) is 2.65. The van der Waals surface area contributed by atoms with E-state index in [1.165, 1.54) is 4.90 Å². The van der Waals surface area contributed by atoms with Crippen LogP contribution in [0.25, 0.3) is 0 Å². The number of amides is 1. The fraction of sp³-hybridized carbons (Fsp3) is 0.526. The van der Waals surface area contributed by atoms with Crippen LogP contribution in [0.15, 0.2) is 18.2 Å². The van der Waals surface area contributed by atoms with Crippen LogP contribution in [0.1, 0.15) is 37.7 Å². The predicted octanol–water partition coefficient (Wildman–Crippen LogP) is 3.26. The number of hydrogen-bond donors (Lipinski definition) is 0. The molecule has 140 valence electrons. The molecule has 0 spiro atoms. The van der Waals surface area contributed by atoms with Gasteiger partial charge in [-0.25, -0.2) is 4.79 Å². The molecule has 1 aliphatic carbocycles. The molecule has 1 amide bonds. The molecule has 2 rings (SSSR count). The Balaban J connectivity index is 1.82. The molecule has 0 radical (unpaired) electrons. The highest BCUT2D eigenvalue weighted by Gasteiger charge is 2.38. The van der Waals surface area contributed by atoms with Crippen molar-refractivity contribution in [1.82, 2.24) is 4.90 Å². The number of aryl methyl sites for hydroxylation is 1. The van der Waals surface area contributed by atoms with Crippen LogP contribution in [0.5, 0.6) is 5.75 Å². The highest BCUT2D eigenvalue weighted by molar-refractivity contribution is 6.30. The summed E-state index contributed by atoms with van der Waals surface area (Å²) in [5.41, 5.74) is 0.00735. The molecule has 7 heteroatoms. The predicted molar refractivity (Wildman–Crippen MR) is 96.8 cm³/mol. The van der Waals surface area contributed by atoms with Crippen molar-refractivity contribution in [1.29, 1.82) is 5.26 Å². The second kappa shape index (κ2) is 8.91. The van der Waals surface area contributed by atoms with Crippen LogP contribution in [0.3, 0.4) is 0 Å². The van der Waals surface area contributed by atoms with E-state index in [0.29, 0.717) is 23.6 Å². The molecule has 0 bridgehead atoms. The van der Waals surface area contributed by atoms with Crippen molar-refractivity contribution in [2.75, 3.05) is 20.3 Å². The Labute approximate surface area is 158 Å². The minimum Gasteiger partial charge on any atom is -0.482 e. The van der Waals surface area contributed by atoms with Crippen LogP contribution >= 0.6 is 11.6 Å². The van der Waals surface area contributed by atoms with Crippen molar-refractivity contribution in [2.45, 2.75) is 44.6 Å². The number of nitriles is 1. The van der Waals surface area contributed by atoms with Gasteiger partial charge in [0.2, 0.25) is 0 Å². The van der Waals surface area contributed by atoms with Gasteiger partial charge in [-0.1, -0.05) is 30.9 Å². The molecule has 0 aromatic heterocycles. The largest absolute Gasteiger partial charge is 0.482 e. The number of likely N-dealkylation sites (N-methyl/N-ethyl adjacent to an activating group) is 1. The van der Waals surface area contributed by atoms with Gasteiger partial charge in [-0.15, -0.1) is 0 Å². The third-order valence-electron chi connectivity index (χ3n) is 4.74. The second-order valence-electron chi connectivity index (χ2n) is 6.52. The molecular weight excluding hydrogens is 356 g/mol. The molecule has 0 heterocycles. The van der Waals surface area contributed by atoms with Crippen molar-refractivity contribution < 1.29 is 19.1 Å². The lowest BCUT2D eigenvalue weighted by Gasteiger charge is -2.38. The van der Waals surface area contributed by atoms with Crippen LogP contribution in [0, 0.1) is 18.3 Å². The van der Waals surface area contributed by atoms with Crippen LogP contribution in [0.4, 0.5) is 0 Å². The van der Waals surface area contributed by atoms with Crippen LogP contribution in [-0.2, 0) is 14.3 Å². The monoisotopic (exact) mass is 378 g/mol. The molecule has 6 nitrogen and oxygen atoms in total. The quantitative estimate of drug-likeness (QED) is 0.710. The normalized spacial score (nSPS) is 15.6. The summed E-state index contributed by atoms with van der Waals surface area (Å²) in [6.07, 6.45) is 4.21. The van der Waals surface area contributed by atoms with Gasteiger partial charge in [-0.3, -0.25) is 4.79 Å². The summed E-state index contributed by atoms with van der Waals surface area (Å²) in [5.74, 6) is -0.499. The van der Waals surface area contributed by atoms with Gasteiger partial charge >= 0.3 is 5.97 Å². The number of carbonyl (C=O) groups is 2. The van der Waals surface area contributed by atoms with Gasteiger partial charge < -0.3 is 14.4 Å². The van der Waals surface area contributed by atoms with Gasteiger partial charge in [-0.2, -0.15) is 5.26 Å². The standard InChI is InChI=1S/C19H23ClN2O4/c1-14-10-15(20)6-7-16(14)25-12-18(24)26-11-17(23)22(2)19(13-21)8-4-3-5-9-19/h6-7,10H,3-5,8-9,11-12H2,1-2H3. The van der Waals surface area contributed by atoms with E-state index in [0.717, 1.165) is 24.8 Å². The third-order valence-corrected chi connectivity index (χ3v) is 4.98. The van der Waals surface area contributed by atoms with Crippen molar-refractivity contribution in [2.24, 2.45) is 0 Å². The number of benzene rings is 1. The first kappa shape index (κ1) is 20.1. The Kier molecular flexibility index (Phi) is 6.87. The summed E-state index contributed by atoms with van der Waals surface area (Å²) in [6, 6.07) is 7.34. The lowest BCUT2D eigenvalue weighted by Crippen LogP contribution is -2.51. The number of esters is 1. The van der Waals surface area contributed by atoms with Gasteiger partial charge in [0.25, 0.3) is 5.91 Å². The number of halogens is 1. The van der Waals surface area contributed by atoms with E-state index in [2.05, 4.69) is 6.07 Å². The maximum atomic E-state index is 12.3. The summed E-state index contributed by atoms with van der Waals surface area (Å²) in [5, 5.41) is 10.1. The SMILES string of the molecule is Cc1cc(Cl)ccc1OCC(=O)OCC(=O)N(C)C1(C#N)CCCCC1. The minimum atomic E-state index is -0.793. The lowest BCUT2D eigenvalue weighted by molar-refractivity contribution is -0.155. The van der Waals surface area contributed by atoms with Gasteiger partial charge in [0.05, 0.1) is 6.07 Å². The summed E-state index contributed by atoms with van der Waals surface area (Å²) in [6.45, 7) is 1.11. The molecule has 0 aliphatic heterocycles. The first-order chi connectivity index (χ1) is 12.4. The molecule has 0 unspecified atom stereocenters. The van der Waals surface area contributed by atoms with Gasteiger partial charge in [0.1, 0.15) is 11.3 Å². The van der Waals surface area contributed by atoms with Crippen molar-refractivity contribution in [3.05, 3.63) is 28.8 Å². The summed E-state index contributed by atoms with van der Waals surface area (Å²) in [7, 11) is 1.60. The maximum absolute atomic E-state index is 12.3. The van der Waals surface area contributed by atoms with E-state index in [4.69, 9.17) is 21.1 Å². The molecule has 1 aromatic carbocycles. The highest BCUT2D eigenvalue weighted by Crippen LogP contribution is 2.32. The second-order valence-corrected chi connectivity index (χ2v) is 6.95. The summed E-state index contributed by atoms with van der Waals surface area (Å²) >= 11 is 5.87. The van der Waals surface area contributed by atoms with Gasteiger partial charge in [0.15, 0.2) is 13.2 Å². The molecule has 26 heavy (non-hydrogen) atoms. The van der Waals surface area contributed by atoms with Crippen LogP contribution in [0.2, 0.25) is 5.02 Å². The zero-order valence-corrected chi connectivity index (χ0v) is 15.8. The first-order valence-electron chi connectivity index (χ1n) is 8.60. The number of ether oxygens (including phenoxy) is 2. The highest BCUT2D eigenvalue weighted by atomic mass is 35.5. The fourth-order valence-electron chi connectivity index (χ4n) is 3.09. The molecular formula is C19H23ClN2O4. The van der Waals surface area contributed by atoms with E-state index < -0.39 is 18.1 Å². The number of carbonyl (C=O) groups excluding carboxylic acids is 2. The Bertz CT molecular complexity index is 708. The molecule has 1 fully saturated rings. The lowest BCUT2D eigenvalue weighted by atomic mass is 9.81. The van der Waals surface area contributed by atoms with E-state index in [-0.39, 0.29) is 12.5 Å². The zero-order valence-electron chi connectivity index (χ0n) is 15.1. The minimum absolute atomic E-state index is 0.303. The number of rotatable bonds is 6.